The Morgan fingerprint density at radius 3 is 2.57 bits per heavy atom. The van der Waals surface area contributed by atoms with Gasteiger partial charge in [0.05, 0.1) is 16.1 Å². The first kappa shape index (κ1) is 20.7. The number of hydrogen-bond acceptors (Lipinski definition) is 4. The van der Waals surface area contributed by atoms with Crippen molar-refractivity contribution in [1.82, 2.24) is 9.88 Å². The molecule has 0 bridgehead atoms. The number of ether oxygens (including phenoxy) is 1. The summed E-state index contributed by atoms with van der Waals surface area (Å²) in [7, 11) is 0. The molecular weight excluding hydrogens is 398 g/mol. The van der Waals surface area contributed by atoms with E-state index in [1.54, 1.807) is 24.4 Å². The molecule has 6 heteroatoms. The molecule has 2 heterocycles. The summed E-state index contributed by atoms with van der Waals surface area (Å²) in [5, 5.41) is 9.47. The molecule has 1 aromatic carbocycles. The standard InChI is InChI=1S/C24H26ClN3O2/c1-6-16-9-15-13-28(20(29)18(15)12-27-16)21-23(2,3)22(24(21,4)5)30-17-8-7-14(11-26)19(25)10-17/h7-10,12,21-22H,6,13H2,1-5H3/t21-,22-. The van der Waals surface area contributed by atoms with Crippen molar-refractivity contribution in [2.75, 3.05) is 0 Å². The average molecular weight is 424 g/mol. The third kappa shape index (κ3) is 2.97. The van der Waals surface area contributed by atoms with E-state index in [1.165, 1.54) is 0 Å². The summed E-state index contributed by atoms with van der Waals surface area (Å²) < 4.78 is 6.36. The number of aryl methyl sites for hydroxylation is 1. The number of halogens is 1. The average Bonchev–Trinajstić information content (AvgIpc) is 3.00. The number of nitrogens with zero attached hydrogens (tertiary/aromatic N) is 3. The van der Waals surface area contributed by atoms with Gasteiger partial charge in [0.15, 0.2) is 0 Å². The van der Waals surface area contributed by atoms with Gasteiger partial charge in [-0.25, -0.2) is 0 Å². The highest BCUT2D eigenvalue weighted by atomic mass is 35.5. The van der Waals surface area contributed by atoms with Crippen LogP contribution in [0.2, 0.25) is 5.02 Å². The van der Waals surface area contributed by atoms with E-state index in [-0.39, 0.29) is 28.9 Å². The Bertz CT molecular complexity index is 1050. The van der Waals surface area contributed by atoms with Crippen LogP contribution in [0.25, 0.3) is 0 Å². The maximum Gasteiger partial charge on any atom is 0.256 e. The smallest absolute Gasteiger partial charge is 0.256 e. The summed E-state index contributed by atoms with van der Waals surface area (Å²) in [4.78, 5) is 19.6. The molecule has 5 nitrogen and oxygen atoms in total. The molecule has 30 heavy (non-hydrogen) atoms. The van der Waals surface area contributed by atoms with Crippen LogP contribution in [0.5, 0.6) is 5.75 Å². The fourth-order valence-electron chi connectivity index (χ4n) is 5.69. The summed E-state index contributed by atoms with van der Waals surface area (Å²) in [6.07, 6.45) is 2.46. The lowest BCUT2D eigenvalue weighted by atomic mass is 9.49. The Balaban J connectivity index is 1.59. The van der Waals surface area contributed by atoms with Crippen LogP contribution in [0.3, 0.4) is 0 Å². The summed E-state index contributed by atoms with van der Waals surface area (Å²) in [6, 6.07) is 9.28. The highest BCUT2D eigenvalue weighted by Gasteiger charge is 2.67. The van der Waals surface area contributed by atoms with E-state index < -0.39 is 0 Å². The zero-order chi connectivity index (χ0) is 21.8. The highest BCUT2D eigenvalue weighted by molar-refractivity contribution is 6.31. The number of carbonyl (C=O) groups is 1. The van der Waals surface area contributed by atoms with Gasteiger partial charge in [-0.05, 0) is 30.2 Å². The third-order valence-electron chi connectivity index (χ3n) is 6.63. The first-order valence-corrected chi connectivity index (χ1v) is 10.6. The normalized spacial score (nSPS) is 23.5. The first-order chi connectivity index (χ1) is 14.1. The fourth-order valence-corrected chi connectivity index (χ4v) is 5.91. The number of benzene rings is 1. The SMILES string of the molecule is CCc1cc2c(cn1)C(=O)N([C@H]1C(C)(C)[C@H](Oc3ccc(C#N)c(Cl)c3)C1(C)C)C2. The Labute approximate surface area is 182 Å². The van der Waals surface area contributed by atoms with Crippen LogP contribution in [0, 0.1) is 22.2 Å². The molecule has 1 fully saturated rings. The predicted octanol–water partition coefficient (Wildman–Crippen LogP) is 5.01. The van der Waals surface area contributed by atoms with E-state index in [4.69, 9.17) is 21.6 Å². The second-order valence-corrected chi connectivity index (χ2v) is 9.82. The third-order valence-corrected chi connectivity index (χ3v) is 6.94. The minimum atomic E-state index is -0.261. The van der Waals surface area contributed by atoms with Gasteiger partial charge in [0.2, 0.25) is 0 Å². The van der Waals surface area contributed by atoms with Crippen LogP contribution < -0.4 is 4.74 Å². The lowest BCUT2D eigenvalue weighted by Crippen LogP contribution is -2.74. The van der Waals surface area contributed by atoms with Crippen molar-refractivity contribution < 1.29 is 9.53 Å². The fraction of sp³-hybridized carbons (Fsp3) is 0.458. The largest absolute Gasteiger partial charge is 0.489 e. The molecule has 1 saturated carbocycles. The molecule has 0 atom stereocenters. The lowest BCUT2D eigenvalue weighted by molar-refractivity contribution is -0.199. The Morgan fingerprint density at radius 1 is 1.27 bits per heavy atom. The van der Waals surface area contributed by atoms with Gasteiger partial charge < -0.3 is 9.64 Å². The van der Waals surface area contributed by atoms with Crippen LogP contribution in [-0.2, 0) is 13.0 Å². The van der Waals surface area contributed by atoms with Gasteiger partial charge in [-0.3, -0.25) is 9.78 Å². The molecule has 0 radical (unpaired) electrons. The topological polar surface area (TPSA) is 66.2 Å². The molecule has 2 aliphatic rings. The van der Waals surface area contributed by atoms with Crippen LogP contribution in [0.15, 0.2) is 30.5 Å². The number of fused-ring (bicyclic) bond motifs is 1. The zero-order valence-electron chi connectivity index (χ0n) is 18.0. The van der Waals surface area contributed by atoms with Crippen LogP contribution in [0.1, 0.15) is 61.8 Å². The van der Waals surface area contributed by atoms with Gasteiger partial charge >= 0.3 is 0 Å². The minimum absolute atomic E-state index is 0.0221. The minimum Gasteiger partial charge on any atom is -0.489 e. The van der Waals surface area contributed by atoms with Crippen LogP contribution >= 0.6 is 11.6 Å². The van der Waals surface area contributed by atoms with E-state index in [1.807, 2.05) is 4.90 Å². The van der Waals surface area contributed by atoms with Crippen molar-refractivity contribution >= 4 is 17.5 Å². The number of pyridine rings is 1. The lowest BCUT2D eigenvalue weighted by Gasteiger charge is -2.65. The molecule has 2 aromatic rings. The Kier molecular flexibility index (Phi) is 4.82. The molecule has 4 rings (SSSR count). The van der Waals surface area contributed by atoms with Crippen molar-refractivity contribution in [2.45, 2.75) is 59.7 Å². The van der Waals surface area contributed by atoms with Crippen LogP contribution in [0.4, 0.5) is 0 Å². The molecule has 156 valence electrons. The quantitative estimate of drug-likeness (QED) is 0.693. The zero-order valence-corrected chi connectivity index (χ0v) is 18.7. The molecule has 1 aliphatic carbocycles. The van der Waals surface area contributed by atoms with E-state index in [9.17, 15) is 4.79 Å². The second kappa shape index (κ2) is 6.99. The molecular formula is C24H26ClN3O2. The van der Waals surface area contributed by atoms with Crippen LogP contribution in [-0.4, -0.2) is 27.9 Å². The van der Waals surface area contributed by atoms with Gasteiger partial charge in [0, 0.05) is 41.4 Å². The summed E-state index contributed by atoms with van der Waals surface area (Å²) in [5.74, 6) is 0.683. The van der Waals surface area contributed by atoms with E-state index in [0.717, 1.165) is 17.7 Å². The summed E-state index contributed by atoms with van der Waals surface area (Å²) in [6.45, 7) is 11.3. The van der Waals surface area contributed by atoms with Gasteiger partial charge in [0.1, 0.15) is 17.9 Å². The second-order valence-electron chi connectivity index (χ2n) is 9.42. The number of amides is 1. The van der Waals surface area contributed by atoms with Gasteiger partial charge in [-0.1, -0.05) is 46.2 Å². The molecule has 0 spiro atoms. The maximum atomic E-state index is 13.2. The molecule has 0 N–H and O–H groups in total. The van der Waals surface area contributed by atoms with E-state index in [0.29, 0.717) is 28.4 Å². The molecule has 0 unspecified atom stereocenters. The number of rotatable bonds is 4. The Hall–Kier alpha value is -2.58. The summed E-state index contributed by atoms with van der Waals surface area (Å²) >= 11 is 6.18. The number of nitriles is 1. The first-order valence-electron chi connectivity index (χ1n) is 10.3. The monoisotopic (exact) mass is 423 g/mol. The predicted molar refractivity (Wildman–Crippen MR) is 115 cm³/mol. The van der Waals surface area contributed by atoms with Crippen molar-refractivity contribution in [3.63, 3.8) is 0 Å². The van der Waals surface area contributed by atoms with Gasteiger partial charge in [-0.2, -0.15) is 5.26 Å². The summed E-state index contributed by atoms with van der Waals surface area (Å²) in [5.41, 5.74) is 2.68. The van der Waals surface area contributed by atoms with Crippen molar-refractivity contribution in [3.05, 3.63) is 57.9 Å². The highest BCUT2D eigenvalue weighted by Crippen LogP contribution is 2.59. The van der Waals surface area contributed by atoms with E-state index in [2.05, 4.69) is 51.7 Å². The van der Waals surface area contributed by atoms with Gasteiger partial charge in [0.25, 0.3) is 5.91 Å². The Morgan fingerprint density at radius 2 is 1.97 bits per heavy atom. The van der Waals surface area contributed by atoms with Gasteiger partial charge in [-0.15, -0.1) is 0 Å². The molecule has 1 amide bonds. The molecule has 1 aromatic heterocycles. The maximum absolute atomic E-state index is 13.2. The van der Waals surface area contributed by atoms with Crippen molar-refractivity contribution in [2.24, 2.45) is 10.8 Å². The number of aromatic nitrogens is 1. The number of hydrogen-bond donors (Lipinski definition) is 0. The van der Waals surface area contributed by atoms with Crippen molar-refractivity contribution in [1.29, 1.82) is 5.26 Å². The molecule has 0 saturated heterocycles. The van der Waals surface area contributed by atoms with Crippen molar-refractivity contribution in [3.8, 4) is 11.8 Å². The molecule has 1 aliphatic heterocycles. The number of carbonyl (C=O) groups excluding carboxylic acids is 1. The van der Waals surface area contributed by atoms with E-state index >= 15 is 0 Å².